The van der Waals surface area contributed by atoms with Crippen LogP contribution in [-0.4, -0.2) is 36.4 Å². The van der Waals surface area contributed by atoms with Gasteiger partial charge in [-0.25, -0.2) is 5.43 Å². The number of phenolic OH excluding ortho intramolecular Hbond substituents is 1. The van der Waals surface area contributed by atoms with E-state index in [0.717, 1.165) is 23.4 Å². The lowest BCUT2D eigenvalue weighted by Gasteiger charge is -2.43. The molecule has 1 aliphatic rings. The number of nitrogens with one attached hydrogen (secondary N) is 1. The number of aromatic hydroxyl groups is 1. The Kier molecular flexibility index (Phi) is 6.81. The first kappa shape index (κ1) is 23.3. The monoisotopic (exact) mass is 549 g/mol. The maximum atomic E-state index is 12.5. The van der Waals surface area contributed by atoms with Gasteiger partial charge in [-0.15, -0.1) is 0 Å². The summed E-state index contributed by atoms with van der Waals surface area (Å²) in [4.78, 5) is 14.8. The molecule has 2 aromatic carbocycles. The predicted molar refractivity (Wildman–Crippen MR) is 132 cm³/mol. The smallest absolute Gasteiger partial charge is 0.275 e. The molecule has 2 N–H and O–H groups in total. The number of ether oxygens (including phenoxy) is 1. The van der Waals surface area contributed by atoms with E-state index in [1.165, 1.54) is 11.6 Å². The van der Waals surface area contributed by atoms with Gasteiger partial charge in [0.2, 0.25) is 0 Å². The lowest BCUT2D eigenvalue weighted by molar-refractivity contribution is 0.0952. The van der Waals surface area contributed by atoms with Gasteiger partial charge in [-0.1, -0.05) is 22.0 Å². The Morgan fingerprint density at radius 3 is 2.65 bits per heavy atom. The van der Waals surface area contributed by atoms with E-state index >= 15 is 0 Å². The number of phenols is 1. The average Bonchev–Trinajstić information content (AvgIpc) is 2.70. The van der Waals surface area contributed by atoms with Gasteiger partial charge in [0.25, 0.3) is 5.91 Å². The summed E-state index contributed by atoms with van der Waals surface area (Å²) in [6, 6.07) is 7.21. The number of anilines is 1. The molecule has 0 saturated heterocycles. The normalized spacial score (nSPS) is 14.9. The zero-order valence-corrected chi connectivity index (χ0v) is 21.3. The summed E-state index contributed by atoms with van der Waals surface area (Å²) in [6.07, 6.45) is 3.80. The molecule has 0 aromatic heterocycles. The molecular formula is C23H25Br2N3O3. The molecule has 6 nitrogen and oxygen atoms in total. The van der Waals surface area contributed by atoms with Gasteiger partial charge in [0.15, 0.2) is 0 Å². The number of hydrogen-bond donors (Lipinski definition) is 2. The second kappa shape index (κ2) is 9.04. The van der Waals surface area contributed by atoms with E-state index < -0.39 is 5.91 Å². The molecule has 1 aliphatic heterocycles. The van der Waals surface area contributed by atoms with Crippen LogP contribution in [0.2, 0.25) is 0 Å². The standard InChI is InChI=1S/C23H25Br2N3O3/c1-6-28-19-10-20(31-5)14(7-16(19)13(2)11-23(28,3)4)12-26-27-22(30)17-8-15(24)9-18(25)21(17)29/h7-12,29H,6H2,1-5H3,(H,27,30)/b26-12-. The molecule has 0 aliphatic carbocycles. The van der Waals surface area contributed by atoms with E-state index in [4.69, 9.17) is 4.74 Å². The number of amides is 1. The molecule has 8 heteroatoms. The van der Waals surface area contributed by atoms with Crippen molar-refractivity contribution in [2.24, 2.45) is 5.10 Å². The van der Waals surface area contributed by atoms with Crippen molar-refractivity contribution < 1.29 is 14.6 Å². The van der Waals surface area contributed by atoms with E-state index in [9.17, 15) is 9.90 Å². The number of benzene rings is 2. The fourth-order valence-corrected chi connectivity index (χ4v) is 5.16. The highest BCUT2D eigenvalue weighted by Gasteiger charge is 2.31. The van der Waals surface area contributed by atoms with Crippen LogP contribution in [0.15, 0.2) is 44.4 Å². The highest BCUT2D eigenvalue weighted by Crippen LogP contribution is 2.41. The molecule has 0 radical (unpaired) electrons. The molecule has 31 heavy (non-hydrogen) atoms. The summed E-state index contributed by atoms with van der Waals surface area (Å²) in [7, 11) is 1.61. The van der Waals surface area contributed by atoms with Gasteiger partial charge in [-0.2, -0.15) is 5.10 Å². The Morgan fingerprint density at radius 1 is 1.29 bits per heavy atom. The van der Waals surface area contributed by atoms with Gasteiger partial charge in [0.1, 0.15) is 11.5 Å². The van der Waals surface area contributed by atoms with Crippen molar-refractivity contribution in [1.29, 1.82) is 0 Å². The molecule has 0 spiro atoms. The number of allylic oxidation sites excluding steroid dienone is 1. The number of likely N-dealkylation sites (N-methyl/N-ethyl adjacent to an activating group) is 1. The molecular weight excluding hydrogens is 526 g/mol. The quantitative estimate of drug-likeness (QED) is 0.369. The number of carbonyl (C=O) groups excluding carboxylic acids is 1. The third kappa shape index (κ3) is 4.65. The van der Waals surface area contributed by atoms with Crippen LogP contribution in [0.25, 0.3) is 5.57 Å². The molecule has 164 valence electrons. The summed E-state index contributed by atoms with van der Waals surface area (Å²) in [6.45, 7) is 9.47. The number of carbonyl (C=O) groups is 1. The summed E-state index contributed by atoms with van der Waals surface area (Å²) in [5, 5.41) is 14.2. The number of fused-ring (bicyclic) bond motifs is 1. The maximum Gasteiger partial charge on any atom is 0.275 e. The number of nitrogens with zero attached hydrogens (tertiary/aromatic N) is 2. The van der Waals surface area contributed by atoms with Crippen molar-refractivity contribution in [3.8, 4) is 11.5 Å². The third-order valence-electron chi connectivity index (χ3n) is 5.29. The van der Waals surface area contributed by atoms with Gasteiger partial charge in [-0.3, -0.25) is 4.79 Å². The van der Waals surface area contributed by atoms with E-state index in [0.29, 0.717) is 14.7 Å². The van der Waals surface area contributed by atoms with Gasteiger partial charge >= 0.3 is 0 Å². The third-order valence-corrected chi connectivity index (χ3v) is 6.35. The fraction of sp³-hybridized carbons (Fsp3) is 0.304. The molecule has 0 atom stereocenters. The van der Waals surface area contributed by atoms with Crippen LogP contribution in [0.4, 0.5) is 5.69 Å². The summed E-state index contributed by atoms with van der Waals surface area (Å²) in [5.41, 5.74) is 6.60. The van der Waals surface area contributed by atoms with Crippen molar-refractivity contribution >= 4 is 55.2 Å². The predicted octanol–water partition coefficient (Wildman–Crippen LogP) is 5.71. The summed E-state index contributed by atoms with van der Waals surface area (Å²) < 4.78 is 6.67. The topological polar surface area (TPSA) is 74.2 Å². The number of hydrazone groups is 1. The Morgan fingerprint density at radius 2 is 2.00 bits per heavy atom. The number of hydrogen-bond acceptors (Lipinski definition) is 5. The van der Waals surface area contributed by atoms with Crippen molar-refractivity contribution in [2.45, 2.75) is 33.2 Å². The van der Waals surface area contributed by atoms with Crippen LogP contribution in [0, 0.1) is 0 Å². The van der Waals surface area contributed by atoms with E-state index in [-0.39, 0.29) is 16.9 Å². The largest absolute Gasteiger partial charge is 0.506 e. The number of halogens is 2. The minimum Gasteiger partial charge on any atom is -0.506 e. The lowest BCUT2D eigenvalue weighted by atomic mass is 9.88. The Hall–Kier alpha value is -2.32. The maximum absolute atomic E-state index is 12.5. The summed E-state index contributed by atoms with van der Waals surface area (Å²) in [5.74, 6) is -0.0123. The van der Waals surface area contributed by atoms with Crippen LogP contribution in [0.5, 0.6) is 11.5 Å². The Balaban J connectivity index is 1.92. The number of rotatable bonds is 5. The SMILES string of the molecule is CCN1c2cc(OC)c(/C=N\NC(=O)c3cc(Br)cc(Br)c3O)cc2C(C)=CC1(C)C. The highest BCUT2D eigenvalue weighted by molar-refractivity contribution is 9.11. The molecule has 3 rings (SSSR count). The molecule has 2 aromatic rings. The first-order chi connectivity index (χ1) is 14.6. The van der Waals surface area contributed by atoms with Crippen LogP contribution in [0.1, 0.15) is 49.2 Å². The van der Waals surface area contributed by atoms with Crippen molar-refractivity contribution in [3.05, 3.63) is 56.0 Å². The van der Waals surface area contributed by atoms with Gasteiger partial charge in [0.05, 0.1) is 28.9 Å². The molecule has 0 saturated carbocycles. The minimum absolute atomic E-state index is 0.0966. The van der Waals surface area contributed by atoms with Gasteiger partial charge in [-0.05, 0) is 67.4 Å². The molecule has 0 unspecified atom stereocenters. The molecule has 1 amide bonds. The first-order valence-electron chi connectivity index (χ1n) is 9.80. The molecule has 0 bridgehead atoms. The van der Waals surface area contributed by atoms with Crippen molar-refractivity contribution in [3.63, 3.8) is 0 Å². The molecule has 1 heterocycles. The van der Waals surface area contributed by atoms with Gasteiger partial charge in [0, 0.05) is 33.9 Å². The Labute approximate surface area is 199 Å². The Bertz CT molecular complexity index is 1090. The highest BCUT2D eigenvalue weighted by atomic mass is 79.9. The van der Waals surface area contributed by atoms with Crippen LogP contribution < -0.4 is 15.1 Å². The van der Waals surface area contributed by atoms with E-state index in [1.807, 2.05) is 12.1 Å². The van der Waals surface area contributed by atoms with Crippen molar-refractivity contribution in [1.82, 2.24) is 5.43 Å². The molecule has 0 fully saturated rings. The lowest BCUT2D eigenvalue weighted by Crippen LogP contribution is -2.44. The van der Waals surface area contributed by atoms with E-state index in [2.05, 4.69) is 81.1 Å². The first-order valence-corrected chi connectivity index (χ1v) is 11.4. The van der Waals surface area contributed by atoms with Crippen molar-refractivity contribution in [2.75, 3.05) is 18.6 Å². The second-order valence-electron chi connectivity index (χ2n) is 7.82. The zero-order chi connectivity index (χ0) is 22.9. The van der Waals surface area contributed by atoms with Crippen LogP contribution in [0.3, 0.4) is 0 Å². The van der Waals surface area contributed by atoms with Crippen LogP contribution >= 0.6 is 31.9 Å². The zero-order valence-electron chi connectivity index (χ0n) is 18.1. The van der Waals surface area contributed by atoms with Crippen LogP contribution in [-0.2, 0) is 0 Å². The fourth-order valence-electron chi connectivity index (χ4n) is 3.94. The van der Waals surface area contributed by atoms with E-state index in [1.54, 1.807) is 19.4 Å². The second-order valence-corrected chi connectivity index (χ2v) is 9.59. The minimum atomic E-state index is -0.525. The summed E-state index contributed by atoms with van der Waals surface area (Å²) >= 11 is 6.54. The average molecular weight is 551 g/mol. The van der Waals surface area contributed by atoms with Gasteiger partial charge < -0.3 is 14.7 Å². The number of methoxy groups -OCH3 is 1.